The van der Waals surface area contributed by atoms with Crippen LogP contribution in [0.15, 0.2) is 0 Å². The second-order valence-electron chi connectivity index (χ2n) is 4.79. The Labute approximate surface area is 83.7 Å². The van der Waals surface area contributed by atoms with Crippen molar-refractivity contribution in [1.29, 1.82) is 0 Å². The van der Waals surface area contributed by atoms with Crippen LogP contribution in [0.4, 0.5) is 0 Å². The van der Waals surface area contributed by atoms with Gasteiger partial charge >= 0.3 is 0 Å². The van der Waals surface area contributed by atoms with E-state index < -0.39 is 0 Å². The lowest BCUT2D eigenvalue weighted by atomic mass is 9.98. The Balaban J connectivity index is 3.51. The van der Waals surface area contributed by atoms with E-state index in [-0.39, 0.29) is 0 Å². The lowest BCUT2D eigenvalue weighted by molar-refractivity contribution is 0.319. The molecule has 0 saturated heterocycles. The largest absolute Gasteiger partial charge is 0.313 e. The Morgan fingerprint density at radius 2 is 1.62 bits per heavy atom. The van der Waals surface area contributed by atoms with Crippen molar-refractivity contribution in [2.24, 2.45) is 11.8 Å². The quantitative estimate of drug-likeness (QED) is 0.680. The molecule has 2 unspecified atom stereocenters. The Morgan fingerprint density at radius 1 is 1.08 bits per heavy atom. The van der Waals surface area contributed by atoms with Crippen molar-refractivity contribution in [1.82, 2.24) is 10.2 Å². The molecule has 0 aromatic carbocycles. The van der Waals surface area contributed by atoms with Crippen LogP contribution in [0.3, 0.4) is 0 Å². The summed E-state index contributed by atoms with van der Waals surface area (Å²) in [4.78, 5) is 2.22. The van der Waals surface area contributed by atoms with Crippen molar-refractivity contribution >= 4 is 0 Å². The minimum absolute atomic E-state index is 0.594. The van der Waals surface area contributed by atoms with Gasteiger partial charge in [0.05, 0.1) is 0 Å². The number of hydrogen-bond acceptors (Lipinski definition) is 2. The molecule has 0 rings (SSSR count). The second-order valence-corrected chi connectivity index (χ2v) is 4.79. The maximum atomic E-state index is 3.55. The van der Waals surface area contributed by atoms with Crippen LogP contribution in [-0.4, -0.2) is 38.1 Å². The minimum Gasteiger partial charge on any atom is -0.313 e. The molecule has 80 valence electrons. The highest BCUT2D eigenvalue weighted by Crippen LogP contribution is 2.07. The highest BCUT2D eigenvalue weighted by atomic mass is 15.1. The molecule has 0 aliphatic heterocycles. The van der Waals surface area contributed by atoms with Crippen LogP contribution in [0.2, 0.25) is 0 Å². The summed E-state index contributed by atoms with van der Waals surface area (Å²) in [6.45, 7) is 11.4. The molecule has 2 nitrogen and oxygen atoms in total. The van der Waals surface area contributed by atoms with Gasteiger partial charge in [0.1, 0.15) is 0 Å². The van der Waals surface area contributed by atoms with Gasteiger partial charge in [0.15, 0.2) is 0 Å². The normalized spacial score (nSPS) is 16.6. The summed E-state index contributed by atoms with van der Waals surface area (Å²) in [5, 5.41) is 3.55. The Hall–Kier alpha value is -0.0800. The monoisotopic (exact) mass is 186 g/mol. The van der Waals surface area contributed by atoms with Gasteiger partial charge in [0, 0.05) is 12.6 Å². The van der Waals surface area contributed by atoms with E-state index in [1.165, 1.54) is 0 Å². The molecule has 2 atom stereocenters. The van der Waals surface area contributed by atoms with E-state index in [1.54, 1.807) is 0 Å². The fourth-order valence-electron chi connectivity index (χ4n) is 1.24. The number of nitrogens with one attached hydrogen (secondary N) is 1. The molecule has 2 heteroatoms. The topological polar surface area (TPSA) is 15.3 Å². The van der Waals surface area contributed by atoms with Crippen molar-refractivity contribution < 1.29 is 0 Å². The first-order valence-electron chi connectivity index (χ1n) is 5.31. The molecule has 0 aromatic rings. The standard InChI is InChI=1S/C11H26N2/c1-9(2)10(3)7-12-11(4)8-13(5)6/h9-12H,7-8H2,1-6H3. The summed E-state index contributed by atoms with van der Waals surface area (Å²) < 4.78 is 0. The first kappa shape index (κ1) is 12.9. The van der Waals surface area contributed by atoms with E-state index in [9.17, 15) is 0 Å². The third-order valence-corrected chi connectivity index (χ3v) is 2.57. The van der Waals surface area contributed by atoms with Gasteiger partial charge in [-0.3, -0.25) is 0 Å². The molecule has 0 aromatic heterocycles. The average Bonchev–Trinajstić information content (AvgIpc) is 1.98. The zero-order chi connectivity index (χ0) is 10.4. The van der Waals surface area contributed by atoms with Gasteiger partial charge in [-0.1, -0.05) is 20.8 Å². The average molecular weight is 186 g/mol. The predicted molar refractivity (Wildman–Crippen MR) is 60.0 cm³/mol. The molecule has 0 bridgehead atoms. The van der Waals surface area contributed by atoms with Crippen molar-refractivity contribution in [2.75, 3.05) is 27.2 Å². The molecule has 0 heterocycles. The molecule has 13 heavy (non-hydrogen) atoms. The van der Waals surface area contributed by atoms with E-state index in [4.69, 9.17) is 0 Å². The zero-order valence-corrected chi connectivity index (χ0v) is 10.1. The molecule has 0 saturated carbocycles. The SMILES string of the molecule is CC(CN(C)C)NCC(C)C(C)C. The third kappa shape index (κ3) is 7.03. The molecular formula is C11H26N2. The van der Waals surface area contributed by atoms with Gasteiger partial charge in [-0.15, -0.1) is 0 Å². The summed E-state index contributed by atoms with van der Waals surface area (Å²) in [6.07, 6.45) is 0. The lowest BCUT2D eigenvalue weighted by Crippen LogP contribution is -2.38. The summed E-state index contributed by atoms with van der Waals surface area (Å²) in [5.41, 5.74) is 0. The Bertz CT molecular complexity index is 121. The molecular weight excluding hydrogens is 160 g/mol. The molecule has 0 radical (unpaired) electrons. The van der Waals surface area contributed by atoms with E-state index >= 15 is 0 Å². The highest BCUT2D eigenvalue weighted by Gasteiger charge is 2.08. The summed E-state index contributed by atoms with van der Waals surface area (Å²) in [5.74, 6) is 1.55. The van der Waals surface area contributed by atoms with Crippen LogP contribution < -0.4 is 5.32 Å². The van der Waals surface area contributed by atoms with Crippen LogP contribution >= 0.6 is 0 Å². The Kier molecular flexibility index (Phi) is 6.35. The van der Waals surface area contributed by atoms with Crippen LogP contribution in [0.1, 0.15) is 27.7 Å². The van der Waals surface area contributed by atoms with Crippen molar-refractivity contribution in [2.45, 2.75) is 33.7 Å². The molecule has 0 amide bonds. The van der Waals surface area contributed by atoms with Crippen molar-refractivity contribution in [3.05, 3.63) is 0 Å². The van der Waals surface area contributed by atoms with Gasteiger partial charge in [0.25, 0.3) is 0 Å². The number of rotatable bonds is 6. The van der Waals surface area contributed by atoms with Crippen molar-refractivity contribution in [3.8, 4) is 0 Å². The fraction of sp³-hybridized carbons (Fsp3) is 1.00. The van der Waals surface area contributed by atoms with Gasteiger partial charge < -0.3 is 10.2 Å². The Morgan fingerprint density at radius 3 is 2.00 bits per heavy atom. The van der Waals surface area contributed by atoms with E-state index in [2.05, 4.69) is 52.0 Å². The van der Waals surface area contributed by atoms with Crippen LogP contribution in [0, 0.1) is 11.8 Å². The summed E-state index contributed by atoms with van der Waals surface area (Å²) >= 11 is 0. The van der Waals surface area contributed by atoms with Crippen LogP contribution in [-0.2, 0) is 0 Å². The van der Waals surface area contributed by atoms with Gasteiger partial charge in [0.2, 0.25) is 0 Å². The van der Waals surface area contributed by atoms with Crippen LogP contribution in [0.5, 0.6) is 0 Å². The van der Waals surface area contributed by atoms with E-state index in [0.717, 1.165) is 24.9 Å². The maximum absolute atomic E-state index is 3.55. The molecule has 0 spiro atoms. The zero-order valence-electron chi connectivity index (χ0n) is 10.1. The maximum Gasteiger partial charge on any atom is 0.0166 e. The predicted octanol–water partition coefficient (Wildman–Crippen LogP) is 1.82. The fourth-order valence-corrected chi connectivity index (χ4v) is 1.24. The molecule has 0 aliphatic rings. The number of likely N-dealkylation sites (N-methyl/N-ethyl adjacent to an activating group) is 1. The smallest absolute Gasteiger partial charge is 0.0166 e. The van der Waals surface area contributed by atoms with Gasteiger partial charge in [-0.25, -0.2) is 0 Å². The van der Waals surface area contributed by atoms with Gasteiger partial charge in [-0.2, -0.15) is 0 Å². The van der Waals surface area contributed by atoms with Crippen LogP contribution in [0.25, 0.3) is 0 Å². The van der Waals surface area contributed by atoms with Gasteiger partial charge in [-0.05, 0) is 39.4 Å². The summed E-state index contributed by atoms with van der Waals surface area (Å²) in [6, 6.07) is 0.594. The first-order valence-corrected chi connectivity index (χ1v) is 5.31. The number of nitrogens with zero attached hydrogens (tertiary/aromatic N) is 1. The molecule has 1 N–H and O–H groups in total. The number of hydrogen-bond donors (Lipinski definition) is 1. The summed E-state index contributed by atoms with van der Waals surface area (Å²) in [7, 11) is 4.23. The van der Waals surface area contributed by atoms with E-state index in [0.29, 0.717) is 6.04 Å². The third-order valence-electron chi connectivity index (χ3n) is 2.57. The second kappa shape index (κ2) is 6.39. The minimum atomic E-state index is 0.594. The highest BCUT2D eigenvalue weighted by molar-refractivity contribution is 4.67. The van der Waals surface area contributed by atoms with Crippen molar-refractivity contribution in [3.63, 3.8) is 0 Å². The molecule has 0 aliphatic carbocycles. The van der Waals surface area contributed by atoms with E-state index in [1.807, 2.05) is 0 Å². The molecule has 0 fully saturated rings. The first-order chi connectivity index (χ1) is 5.93. The lowest BCUT2D eigenvalue weighted by Gasteiger charge is -2.22.